The van der Waals surface area contributed by atoms with Crippen molar-refractivity contribution < 1.29 is 14.3 Å². The van der Waals surface area contributed by atoms with E-state index in [2.05, 4.69) is 59.9 Å². The van der Waals surface area contributed by atoms with Gasteiger partial charge in [-0.1, -0.05) is 26.0 Å². The third-order valence-electron chi connectivity index (χ3n) is 4.59. The number of imide groups is 1. The zero-order valence-electron chi connectivity index (χ0n) is 18.0. The van der Waals surface area contributed by atoms with Crippen LogP contribution < -0.4 is 20.7 Å². The van der Waals surface area contributed by atoms with E-state index in [4.69, 9.17) is 4.74 Å². The predicted octanol–water partition coefficient (Wildman–Crippen LogP) is 2.03. The Labute approximate surface area is 173 Å². The van der Waals surface area contributed by atoms with Gasteiger partial charge in [0.1, 0.15) is 5.75 Å². The first-order valence-electron chi connectivity index (χ1n) is 10.1. The molecule has 0 aliphatic carbocycles. The van der Waals surface area contributed by atoms with Gasteiger partial charge < -0.3 is 20.7 Å². The number of aryl methyl sites for hydroxylation is 1. The summed E-state index contributed by atoms with van der Waals surface area (Å²) in [5.74, 6) is 1.83. The minimum atomic E-state index is -0.350. The molecule has 8 nitrogen and oxygen atoms in total. The van der Waals surface area contributed by atoms with Gasteiger partial charge in [-0.3, -0.25) is 14.7 Å². The number of rotatable bonds is 9. The van der Waals surface area contributed by atoms with E-state index in [1.165, 1.54) is 4.90 Å². The van der Waals surface area contributed by atoms with Crippen LogP contribution in [0.15, 0.2) is 23.2 Å². The van der Waals surface area contributed by atoms with Gasteiger partial charge in [-0.15, -0.1) is 0 Å². The van der Waals surface area contributed by atoms with Crippen molar-refractivity contribution in [2.24, 2.45) is 10.9 Å². The van der Waals surface area contributed by atoms with Crippen molar-refractivity contribution >= 4 is 17.9 Å². The van der Waals surface area contributed by atoms with Crippen LogP contribution in [0.3, 0.4) is 0 Å². The van der Waals surface area contributed by atoms with Gasteiger partial charge in [0.25, 0.3) is 0 Å². The van der Waals surface area contributed by atoms with Gasteiger partial charge >= 0.3 is 6.03 Å². The van der Waals surface area contributed by atoms with Crippen LogP contribution >= 0.6 is 0 Å². The third-order valence-corrected chi connectivity index (χ3v) is 4.59. The fourth-order valence-electron chi connectivity index (χ4n) is 3.21. The fourth-order valence-corrected chi connectivity index (χ4v) is 3.21. The Kier molecular flexibility index (Phi) is 8.30. The van der Waals surface area contributed by atoms with Gasteiger partial charge in [-0.25, -0.2) is 4.79 Å². The summed E-state index contributed by atoms with van der Waals surface area (Å²) in [5, 5.41) is 8.90. The number of hydrogen-bond donors (Lipinski definition) is 3. The highest BCUT2D eigenvalue weighted by molar-refractivity contribution is 6.01. The molecule has 1 fully saturated rings. The summed E-state index contributed by atoms with van der Waals surface area (Å²) in [5.41, 5.74) is 2.19. The molecule has 0 radical (unpaired) electrons. The van der Waals surface area contributed by atoms with E-state index in [-0.39, 0.29) is 31.1 Å². The molecule has 1 heterocycles. The Bertz CT molecular complexity index is 732. The molecule has 1 aliphatic rings. The molecule has 3 amide bonds. The normalized spacial score (nSPS) is 15.5. The molecule has 1 atom stereocenters. The van der Waals surface area contributed by atoms with Crippen LogP contribution in [-0.2, 0) is 11.3 Å². The van der Waals surface area contributed by atoms with Gasteiger partial charge in [0, 0.05) is 32.2 Å². The van der Waals surface area contributed by atoms with Crippen LogP contribution in [-0.4, -0.2) is 55.6 Å². The Morgan fingerprint density at radius 2 is 2.03 bits per heavy atom. The van der Waals surface area contributed by atoms with Crippen molar-refractivity contribution in [3.05, 3.63) is 29.3 Å². The first-order chi connectivity index (χ1) is 13.8. The third kappa shape index (κ3) is 6.96. The zero-order valence-corrected chi connectivity index (χ0v) is 18.0. The molecule has 29 heavy (non-hydrogen) atoms. The number of benzene rings is 1. The lowest BCUT2D eigenvalue weighted by Crippen LogP contribution is -2.43. The lowest BCUT2D eigenvalue weighted by molar-refractivity contribution is -0.124. The molecule has 3 N–H and O–H groups in total. The number of amides is 3. The van der Waals surface area contributed by atoms with Crippen molar-refractivity contribution in [1.82, 2.24) is 20.9 Å². The Balaban J connectivity index is 1.89. The van der Waals surface area contributed by atoms with Gasteiger partial charge in [0.15, 0.2) is 5.96 Å². The lowest BCUT2D eigenvalue weighted by atomic mass is 10.1. The minimum Gasteiger partial charge on any atom is -0.490 e. The Hall–Kier alpha value is -2.77. The molecule has 0 aromatic heterocycles. The van der Waals surface area contributed by atoms with Gasteiger partial charge in [-0.05, 0) is 37.8 Å². The number of urea groups is 1. The second kappa shape index (κ2) is 10.7. The van der Waals surface area contributed by atoms with Crippen molar-refractivity contribution in [2.75, 3.05) is 26.7 Å². The average Bonchev–Trinajstić information content (AvgIpc) is 2.96. The molecule has 2 rings (SSSR count). The largest absolute Gasteiger partial charge is 0.490 e. The molecular formula is C21H33N5O3. The first-order valence-corrected chi connectivity index (χ1v) is 10.1. The van der Waals surface area contributed by atoms with Gasteiger partial charge in [-0.2, -0.15) is 0 Å². The number of ether oxygens (including phenoxy) is 1. The summed E-state index contributed by atoms with van der Waals surface area (Å²) >= 11 is 0. The predicted molar refractivity (Wildman–Crippen MR) is 114 cm³/mol. The van der Waals surface area contributed by atoms with E-state index < -0.39 is 0 Å². The number of guanidine groups is 1. The summed E-state index contributed by atoms with van der Waals surface area (Å²) in [6, 6.07) is 5.82. The van der Waals surface area contributed by atoms with E-state index in [0.717, 1.165) is 23.3 Å². The van der Waals surface area contributed by atoms with Crippen LogP contribution in [0.25, 0.3) is 0 Å². The maximum Gasteiger partial charge on any atom is 0.324 e. The quantitative estimate of drug-likeness (QED) is 0.333. The molecule has 1 unspecified atom stereocenters. The van der Waals surface area contributed by atoms with Crippen LogP contribution in [0.1, 0.15) is 38.3 Å². The molecule has 8 heteroatoms. The minimum absolute atomic E-state index is 0.0667. The molecule has 1 saturated heterocycles. The fraction of sp³-hybridized carbons (Fsp3) is 0.571. The van der Waals surface area contributed by atoms with Crippen LogP contribution in [0.5, 0.6) is 5.75 Å². The Morgan fingerprint density at radius 3 is 2.66 bits per heavy atom. The van der Waals surface area contributed by atoms with Crippen LogP contribution in [0.2, 0.25) is 0 Å². The SMILES string of the molecule is CN=C(NCCN1C(=O)CNC1=O)NCc1ccc(C)cc1OC(C)CC(C)C. The number of carbonyl (C=O) groups excluding carboxylic acids is 2. The van der Waals surface area contributed by atoms with E-state index in [1.807, 2.05) is 6.92 Å². The standard InChI is InChI=1S/C21H33N5O3/c1-14(2)10-16(4)29-18-11-15(3)6-7-17(18)12-24-20(22-5)23-8-9-26-19(27)13-25-21(26)28/h6-7,11,14,16H,8-10,12-13H2,1-5H3,(H,25,28)(H2,22,23,24). The van der Waals surface area contributed by atoms with Crippen molar-refractivity contribution in [3.63, 3.8) is 0 Å². The second-order valence-electron chi connectivity index (χ2n) is 7.73. The van der Waals surface area contributed by atoms with Crippen molar-refractivity contribution in [2.45, 2.75) is 46.8 Å². The van der Waals surface area contributed by atoms with Crippen LogP contribution in [0.4, 0.5) is 4.79 Å². The topological polar surface area (TPSA) is 95.1 Å². The number of hydrogen-bond acceptors (Lipinski definition) is 4. The monoisotopic (exact) mass is 403 g/mol. The van der Waals surface area contributed by atoms with Crippen molar-refractivity contribution in [3.8, 4) is 5.75 Å². The highest BCUT2D eigenvalue weighted by Crippen LogP contribution is 2.23. The van der Waals surface area contributed by atoms with Crippen LogP contribution in [0, 0.1) is 12.8 Å². The molecule has 0 saturated carbocycles. The molecule has 0 bridgehead atoms. The average molecular weight is 404 g/mol. The number of nitrogens with one attached hydrogen (secondary N) is 3. The molecule has 1 aromatic carbocycles. The summed E-state index contributed by atoms with van der Waals surface area (Å²) < 4.78 is 6.19. The number of aliphatic imine (C=N–C) groups is 1. The highest BCUT2D eigenvalue weighted by Gasteiger charge is 2.27. The van der Waals surface area contributed by atoms with E-state index in [0.29, 0.717) is 25.0 Å². The van der Waals surface area contributed by atoms with E-state index >= 15 is 0 Å². The zero-order chi connectivity index (χ0) is 21.4. The first kappa shape index (κ1) is 22.5. The maximum absolute atomic E-state index is 11.6. The maximum atomic E-state index is 11.6. The molecule has 0 spiro atoms. The summed E-state index contributed by atoms with van der Waals surface area (Å²) in [4.78, 5) is 28.6. The molecule has 1 aliphatic heterocycles. The summed E-state index contributed by atoms with van der Waals surface area (Å²) in [7, 11) is 1.68. The van der Waals surface area contributed by atoms with E-state index in [9.17, 15) is 9.59 Å². The number of carbonyl (C=O) groups is 2. The Morgan fingerprint density at radius 1 is 1.28 bits per heavy atom. The number of nitrogens with zero attached hydrogens (tertiary/aromatic N) is 2. The molecule has 160 valence electrons. The summed E-state index contributed by atoms with van der Waals surface area (Å²) in [6.45, 7) is 9.84. The van der Waals surface area contributed by atoms with Gasteiger partial charge in [0.2, 0.25) is 5.91 Å². The lowest BCUT2D eigenvalue weighted by Gasteiger charge is -2.20. The second-order valence-corrected chi connectivity index (χ2v) is 7.73. The molecule has 1 aromatic rings. The van der Waals surface area contributed by atoms with Gasteiger partial charge in [0.05, 0.1) is 12.6 Å². The smallest absolute Gasteiger partial charge is 0.324 e. The molecular weight excluding hydrogens is 370 g/mol. The van der Waals surface area contributed by atoms with Crippen molar-refractivity contribution in [1.29, 1.82) is 0 Å². The highest BCUT2D eigenvalue weighted by atomic mass is 16.5. The van der Waals surface area contributed by atoms with E-state index in [1.54, 1.807) is 7.05 Å². The summed E-state index contributed by atoms with van der Waals surface area (Å²) in [6.07, 6.45) is 1.13.